The van der Waals surface area contributed by atoms with Gasteiger partial charge in [-0.3, -0.25) is 0 Å². The first-order valence-corrected chi connectivity index (χ1v) is 18.0. The third-order valence-corrected chi connectivity index (χ3v) is 11.6. The zero-order chi connectivity index (χ0) is 26.6. The van der Waals surface area contributed by atoms with Crippen LogP contribution in [-0.2, 0) is 36.1 Å². The Hall–Kier alpha value is -2.52. The number of nitrogens with zero attached hydrogens (tertiary/aromatic N) is 2. The summed E-state index contributed by atoms with van der Waals surface area (Å²) in [5.74, 6) is 4.02. The Bertz CT molecular complexity index is 1320. The first-order chi connectivity index (χ1) is 19.1. The third-order valence-electron chi connectivity index (χ3n) is 7.06. The highest BCUT2D eigenvalue weighted by molar-refractivity contribution is 8.76. The lowest BCUT2D eigenvalue weighted by Gasteiger charge is -2.45. The summed E-state index contributed by atoms with van der Waals surface area (Å²) in [6.07, 6.45) is 0. The van der Waals surface area contributed by atoms with Crippen LogP contribution in [-0.4, -0.2) is 6.67 Å². The van der Waals surface area contributed by atoms with Gasteiger partial charge < -0.3 is 21.3 Å². The fourth-order valence-corrected chi connectivity index (χ4v) is 9.29. The van der Waals surface area contributed by atoms with E-state index in [2.05, 4.69) is 70.5 Å². The van der Waals surface area contributed by atoms with E-state index >= 15 is 0 Å². The number of nitrogens with two attached hydrogens (primary N) is 2. The Morgan fingerprint density at radius 1 is 0.487 bits per heavy atom. The van der Waals surface area contributed by atoms with E-state index in [1.807, 2.05) is 67.4 Å². The van der Waals surface area contributed by atoms with E-state index in [9.17, 15) is 0 Å². The molecule has 2 aliphatic heterocycles. The van der Waals surface area contributed by atoms with E-state index in [0.29, 0.717) is 0 Å². The van der Waals surface area contributed by atoms with Crippen LogP contribution in [0, 0.1) is 0 Å². The van der Waals surface area contributed by atoms with Gasteiger partial charge >= 0.3 is 0 Å². The predicted octanol–water partition coefficient (Wildman–Crippen LogP) is 8.31. The molecule has 4 aromatic rings. The van der Waals surface area contributed by atoms with Crippen LogP contribution in [0.5, 0.6) is 0 Å². The monoisotopic (exact) mass is 588 g/mol. The van der Waals surface area contributed by atoms with Crippen molar-refractivity contribution in [2.45, 2.75) is 36.1 Å². The molecule has 0 amide bonds. The zero-order valence-electron chi connectivity index (χ0n) is 21.7. The summed E-state index contributed by atoms with van der Waals surface area (Å²) in [5.41, 5.74) is 24.3. The van der Waals surface area contributed by atoms with Crippen molar-refractivity contribution in [3.05, 3.63) is 118 Å². The Morgan fingerprint density at radius 2 is 0.846 bits per heavy atom. The first-order valence-electron chi connectivity index (χ1n) is 13.0. The molecule has 0 saturated heterocycles. The van der Waals surface area contributed by atoms with Crippen LogP contribution in [0.1, 0.15) is 33.4 Å². The minimum absolute atomic E-state index is 0.823. The Kier molecular flexibility index (Phi) is 8.44. The van der Waals surface area contributed by atoms with Gasteiger partial charge in [0, 0.05) is 58.9 Å². The third kappa shape index (κ3) is 6.62. The molecule has 0 aromatic heterocycles. The predicted molar refractivity (Wildman–Crippen MR) is 177 cm³/mol. The van der Waals surface area contributed by atoms with E-state index in [4.69, 9.17) is 11.5 Å². The van der Waals surface area contributed by atoms with Gasteiger partial charge in [0.15, 0.2) is 0 Å². The van der Waals surface area contributed by atoms with Crippen molar-refractivity contribution in [2.75, 3.05) is 27.9 Å². The Morgan fingerprint density at radius 3 is 1.26 bits per heavy atom. The lowest BCUT2D eigenvalue weighted by atomic mass is 9.99. The average Bonchev–Trinajstić information content (AvgIpc) is 2.95. The second kappa shape index (κ2) is 12.3. The SMILES string of the molecule is Nc1ccc(CSSCc2ccc3c(c2)CN2CN3Cc3cc(CSSCc4ccc(N)cc4)ccc32)cc1. The molecule has 0 aliphatic carbocycles. The summed E-state index contributed by atoms with van der Waals surface area (Å²) in [6, 6.07) is 30.5. The summed E-state index contributed by atoms with van der Waals surface area (Å²) in [5, 5.41) is 0. The quantitative estimate of drug-likeness (QED) is 0.109. The van der Waals surface area contributed by atoms with E-state index in [1.165, 1.54) is 44.8 Å². The van der Waals surface area contributed by atoms with Crippen molar-refractivity contribution in [2.24, 2.45) is 0 Å². The molecule has 4 N–H and O–H groups in total. The first kappa shape index (κ1) is 26.7. The fraction of sp³-hybridized carbons (Fsp3) is 0.226. The van der Waals surface area contributed by atoms with Crippen molar-refractivity contribution in [1.29, 1.82) is 0 Å². The summed E-state index contributed by atoms with van der Waals surface area (Å²) < 4.78 is 0. The summed E-state index contributed by atoms with van der Waals surface area (Å²) in [4.78, 5) is 5.06. The number of rotatable bonds is 10. The lowest BCUT2D eigenvalue weighted by Crippen LogP contribution is -2.46. The largest absolute Gasteiger partial charge is 0.399 e. The maximum atomic E-state index is 5.80. The number of benzene rings is 4. The molecular weight excluding hydrogens is 557 g/mol. The summed E-state index contributed by atoms with van der Waals surface area (Å²) in [6.45, 7) is 2.92. The van der Waals surface area contributed by atoms with Crippen LogP contribution in [0.25, 0.3) is 0 Å². The highest BCUT2D eigenvalue weighted by Gasteiger charge is 2.29. The molecule has 2 bridgehead atoms. The van der Waals surface area contributed by atoms with Crippen LogP contribution in [0.3, 0.4) is 0 Å². The van der Waals surface area contributed by atoms with Crippen molar-refractivity contribution in [1.82, 2.24) is 0 Å². The number of hydrogen-bond acceptors (Lipinski definition) is 8. The topological polar surface area (TPSA) is 58.5 Å². The molecule has 2 heterocycles. The van der Waals surface area contributed by atoms with Crippen LogP contribution in [0.15, 0.2) is 84.9 Å². The van der Waals surface area contributed by atoms with Crippen LogP contribution in [0.4, 0.5) is 22.7 Å². The second-order valence-corrected chi connectivity index (χ2v) is 14.9. The molecular formula is C31H32N4S4. The lowest BCUT2D eigenvalue weighted by molar-refractivity contribution is 0.650. The van der Waals surface area contributed by atoms with E-state index < -0.39 is 0 Å². The van der Waals surface area contributed by atoms with Crippen molar-refractivity contribution in [3.8, 4) is 0 Å². The number of fused-ring (bicyclic) bond motifs is 6. The van der Waals surface area contributed by atoms with Gasteiger partial charge in [-0.25, -0.2) is 0 Å². The van der Waals surface area contributed by atoms with Gasteiger partial charge in [-0.15, -0.1) is 0 Å². The highest BCUT2D eigenvalue weighted by atomic mass is 33.1. The van der Waals surface area contributed by atoms with Gasteiger partial charge in [0.25, 0.3) is 0 Å². The van der Waals surface area contributed by atoms with E-state index in [0.717, 1.165) is 54.1 Å². The smallest absolute Gasteiger partial charge is 0.0910 e. The molecule has 8 heteroatoms. The number of hydrogen-bond donors (Lipinski definition) is 2. The van der Waals surface area contributed by atoms with E-state index in [-0.39, 0.29) is 0 Å². The van der Waals surface area contributed by atoms with Gasteiger partial charge in [0.2, 0.25) is 0 Å². The van der Waals surface area contributed by atoms with Crippen LogP contribution in [0.2, 0.25) is 0 Å². The van der Waals surface area contributed by atoms with Crippen LogP contribution < -0.4 is 21.3 Å². The molecule has 2 aliphatic rings. The maximum Gasteiger partial charge on any atom is 0.0910 e. The summed E-state index contributed by atoms with van der Waals surface area (Å²) >= 11 is 0. The normalized spacial score (nSPS) is 13.7. The molecule has 39 heavy (non-hydrogen) atoms. The molecule has 6 rings (SSSR count). The molecule has 4 nitrogen and oxygen atoms in total. The van der Waals surface area contributed by atoms with E-state index in [1.54, 1.807) is 0 Å². The minimum Gasteiger partial charge on any atom is -0.399 e. The van der Waals surface area contributed by atoms with Crippen molar-refractivity contribution < 1.29 is 0 Å². The fourth-order valence-electron chi connectivity index (χ4n) is 5.03. The Balaban J connectivity index is 1.03. The Labute approximate surface area is 247 Å². The van der Waals surface area contributed by atoms with Gasteiger partial charge in [0.05, 0.1) is 6.67 Å². The minimum atomic E-state index is 0.823. The molecule has 0 saturated carbocycles. The summed E-state index contributed by atoms with van der Waals surface area (Å²) in [7, 11) is 7.66. The van der Waals surface area contributed by atoms with Crippen LogP contribution >= 0.6 is 43.2 Å². The molecule has 0 spiro atoms. The van der Waals surface area contributed by atoms with Crippen molar-refractivity contribution >= 4 is 65.9 Å². The van der Waals surface area contributed by atoms with Gasteiger partial charge in [-0.2, -0.15) is 0 Å². The second-order valence-electron chi connectivity index (χ2n) is 10.00. The highest BCUT2D eigenvalue weighted by Crippen LogP contribution is 2.40. The maximum absolute atomic E-state index is 5.80. The average molecular weight is 589 g/mol. The molecule has 0 fully saturated rings. The van der Waals surface area contributed by atoms with Gasteiger partial charge in [0.1, 0.15) is 0 Å². The molecule has 4 aromatic carbocycles. The standard InChI is InChI=1S/C31H32N4S4/c32-28-7-1-22(2-8-28)17-36-38-19-24-5-11-30-26(13-24)15-34-21-35(30)16-27-14-25(6-12-31(27)34)20-39-37-18-23-3-9-29(33)10-4-23/h1-14H,15-21,32-33H2. The molecule has 0 radical (unpaired) electrons. The molecule has 0 atom stereocenters. The van der Waals surface area contributed by atoms with Gasteiger partial charge in [-0.05, 0) is 69.8 Å². The number of nitrogen functional groups attached to an aromatic ring is 2. The van der Waals surface area contributed by atoms with Crippen molar-refractivity contribution in [3.63, 3.8) is 0 Å². The van der Waals surface area contributed by atoms with Gasteiger partial charge in [-0.1, -0.05) is 91.7 Å². The molecule has 200 valence electrons. The molecule has 0 unspecified atom stereocenters. The zero-order valence-corrected chi connectivity index (χ0v) is 25.0. The number of anilines is 4.